The molecule has 0 saturated carbocycles. The van der Waals surface area contributed by atoms with E-state index < -0.39 is 10.0 Å². The first-order valence-corrected chi connectivity index (χ1v) is 11.2. The highest BCUT2D eigenvalue weighted by Crippen LogP contribution is 2.32. The highest BCUT2D eigenvalue weighted by atomic mass is 32.2. The summed E-state index contributed by atoms with van der Waals surface area (Å²) in [6.07, 6.45) is 1.37. The van der Waals surface area contributed by atoms with Gasteiger partial charge < -0.3 is 4.74 Å². The third-order valence-electron chi connectivity index (χ3n) is 4.36. The highest BCUT2D eigenvalue weighted by molar-refractivity contribution is 7.91. The monoisotopic (exact) mass is 394 g/mol. The Balaban J connectivity index is 1.42. The van der Waals surface area contributed by atoms with E-state index in [2.05, 4.69) is 4.98 Å². The van der Waals surface area contributed by atoms with Crippen LogP contribution in [0.2, 0.25) is 0 Å². The number of sulfonamides is 1. The Kier molecular flexibility index (Phi) is 4.53. The van der Waals surface area contributed by atoms with Crippen molar-refractivity contribution < 1.29 is 13.2 Å². The van der Waals surface area contributed by atoms with Crippen LogP contribution < -0.4 is 4.74 Å². The number of aromatic nitrogens is 1. The average molecular weight is 395 g/mol. The minimum Gasteiger partial charge on any atom is -0.467 e. The Bertz CT molecular complexity index is 972. The molecular formula is C17H18N2O3S3. The molecule has 5 nitrogen and oxygen atoms in total. The number of thiophene rings is 1. The van der Waals surface area contributed by atoms with E-state index in [1.807, 2.05) is 25.1 Å². The predicted molar refractivity (Wildman–Crippen MR) is 101 cm³/mol. The molecule has 0 amide bonds. The molecule has 0 atom stereocenters. The van der Waals surface area contributed by atoms with Crippen LogP contribution in [0.1, 0.15) is 18.4 Å². The molecule has 3 heterocycles. The van der Waals surface area contributed by atoms with Crippen LogP contribution in [0.3, 0.4) is 0 Å². The van der Waals surface area contributed by atoms with Gasteiger partial charge >= 0.3 is 0 Å². The van der Waals surface area contributed by atoms with Crippen molar-refractivity contribution in [2.75, 3.05) is 13.1 Å². The second-order valence-electron chi connectivity index (χ2n) is 6.05. The van der Waals surface area contributed by atoms with E-state index in [0.29, 0.717) is 35.3 Å². The number of hydrogen-bond donors (Lipinski definition) is 0. The molecule has 2 aromatic heterocycles. The van der Waals surface area contributed by atoms with Crippen LogP contribution in [0, 0.1) is 6.92 Å². The molecule has 0 bridgehead atoms. The smallest absolute Gasteiger partial charge is 0.274 e. The molecule has 25 heavy (non-hydrogen) atoms. The van der Waals surface area contributed by atoms with Crippen molar-refractivity contribution in [3.63, 3.8) is 0 Å². The van der Waals surface area contributed by atoms with Crippen LogP contribution in [-0.2, 0) is 10.0 Å². The summed E-state index contributed by atoms with van der Waals surface area (Å²) in [5.74, 6) is 0. The molecule has 4 rings (SSSR count). The molecule has 3 aromatic rings. The predicted octanol–water partition coefficient (Wildman–Crippen LogP) is 3.90. The summed E-state index contributed by atoms with van der Waals surface area (Å²) in [6.45, 7) is 3.00. The van der Waals surface area contributed by atoms with Gasteiger partial charge in [-0.05, 0) is 42.8 Å². The molecule has 0 radical (unpaired) electrons. The summed E-state index contributed by atoms with van der Waals surface area (Å²) in [7, 11) is -3.36. The van der Waals surface area contributed by atoms with Gasteiger partial charge in [0.05, 0.1) is 10.2 Å². The van der Waals surface area contributed by atoms with Gasteiger partial charge in [-0.3, -0.25) is 0 Å². The quantitative estimate of drug-likeness (QED) is 0.673. The number of ether oxygens (including phenoxy) is 1. The molecule has 1 fully saturated rings. The summed E-state index contributed by atoms with van der Waals surface area (Å²) >= 11 is 2.81. The lowest BCUT2D eigenvalue weighted by Gasteiger charge is -2.30. The van der Waals surface area contributed by atoms with Crippen LogP contribution in [0.4, 0.5) is 0 Å². The Morgan fingerprint density at radius 1 is 1.20 bits per heavy atom. The second kappa shape index (κ2) is 6.68. The van der Waals surface area contributed by atoms with Gasteiger partial charge in [0, 0.05) is 13.1 Å². The SMILES string of the molecule is Cc1cccc2sc(OC3CCN(S(=O)(=O)c4cccs4)CC3)nc12. The number of piperidine rings is 1. The van der Waals surface area contributed by atoms with E-state index in [4.69, 9.17) is 4.74 Å². The van der Waals surface area contributed by atoms with Gasteiger partial charge in [0.25, 0.3) is 15.2 Å². The van der Waals surface area contributed by atoms with Crippen LogP contribution in [-0.4, -0.2) is 36.9 Å². The number of hydrogen-bond acceptors (Lipinski definition) is 6. The third kappa shape index (κ3) is 3.31. The lowest BCUT2D eigenvalue weighted by atomic mass is 10.1. The van der Waals surface area contributed by atoms with Gasteiger partial charge in [-0.2, -0.15) is 4.31 Å². The van der Waals surface area contributed by atoms with Crippen LogP contribution in [0.15, 0.2) is 39.9 Å². The van der Waals surface area contributed by atoms with Crippen molar-refractivity contribution >= 4 is 42.9 Å². The van der Waals surface area contributed by atoms with E-state index in [9.17, 15) is 8.42 Å². The maximum atomic E-state index is 12.6. The maximum Gasteiger partial charge on any atom is 0.274 e. The van der Waals surface area contributed by atoms with Crippen molar-refractivity contribution in [1.82, 2.24) is 9.29 Å². The van der Waals surface area contributed by atoms with Gasteiger partial charge in [0.1, 0.15) is 10.3 Å². The first-order valence-electron chi connectivity index (χ1n) is 8.10. The fourth-order valence-electron chi connectivity index (χ4n) is 2.99. The van der Waals surface area contributed by atoms with Crippen molar-refractivity contribution in [3.8, 4) is 5.19 Å². The number of thiazole rings is 1. The standard InChI is InChI=1S/C17H18N2O3S3/c1-12-4-2-5-14-16(12)18-17(24-14)22-13-7-9-19(10-8-13)25(20,21)15-6-3-11-23-15/h2-6,11,13H,7-10H2,1H3. The van der Waals surface area contributed by atoms with E-state index in [1.165, 1.54) is 11.3 Å². The third-order valence-corrected chi connectivity index (χ3v) is 8.54. The molecule has 1 aliphatic heterocycles. The topological polar surface area (TPSA) is 59.5 Å². The molecule has 1 aliphatic rings. The number of aryl methyl sites for hydroxylation is 1. The van der Waals surface area contributed by atoms with Crippen molar-refractivity contribution in [3.05, 3.63) is 41.3 Å². The van der Waals surface area contributed by atoms with E-state index >= 15 is 0 Å². The number of para-hydroxylation sites is 1. The summed E-state index contributed by atoms with van der Waals surface area (Å²) in [5.41, 5.74) is 2.13. The maximum absolute atomic E-state index is 12.6. The van der Waals surface area contributed by atoms with Crippen LogP contribution in [0.25, 0.3) is 10.2 Å². The second-order valence-corrected chi connectivity index (χ2v) is 10.2. The molecule has 1 saturated heterocycles. The fraction of sp³-hybridized carbons (Fsp3) is 0.353. The zero-order valence-corrected chi connectivity index (χ0v) is 16.2. The molecule has 0 aliphatic carbocycles. The Morgan fingerprint density at radius 3 is 2.68 bits per heavy atom. The Hall–Kier alpha value is -1.48. The van der Waals surface area contributed by atoms with E-state index in [-0.39, 0.29) is 6.10 Å². The van der Waals surface area contributed by atoms with Crippen molar-refractivity contribution in [1.29, 1.82) is 0 Å². The lowest BCUT2D eigenvalue weighted by Crippen LogP contribution is -2.41. The van der Waals surface area contributed by atoms with Gasteiger partial charge in [-0.1, -0.05) is 29.5 Å². The molecule has 0 spiro atoms. The van der Waals surface area contributed by atoms with E-state index in [0.717, 1.165) is 15.8 Å². The number of nitrogens with zero attached hydrogens (tertiary/aromatic N) is 2. The van der Waals surface area contributed by atoms with Gasteiger partial charge in [0.2, 0.25) is 0 Å². The number of fused-ring (bicyclic) bond motifs is 1. The largest absolute Gasteiger partial charge is 0.467 e. The molecular weight excluding hydrogens is 376 g/mol. The summed E-state index contributed by atoms with van der Waals surface area (Å²) in [4.78, 5) is 4.58. The summed E-state index contributed by atoms with van der Waals surface area (Å²) in [5, 5.41) is 2.46. The lowest BCUT2D eigenvalue weighted by molar-refractivity contribution is 0.135. The molecule has 1 aromatic carbocycles. The molecule has 8 heteroatoms. The average Bonchev–Trinajstić information content (AvgIpc) is 3.25. The van der Waals surface area contributed by atoms with E-state index in [1.54, 1.807) is 33.2 Å². The van der Waals surface area contributed by atoms with Crippen molar-refractivity contribution in [2.24, 2.45) is 0 Å². The van der Waals surface area contributed by atoms with Crippen LogP contribution in [0.5, 0.6) is 5.19 Å². The van der Waals surface area contributed by atoms with Gasteiger partial charge in [0.15, 0.2) is 0 Å². The summed E-state index contributed by atoms with van der Waals surface area (Å²) in [6, 6.07) is 9.53. The first-order chi connectivity index (χ1) is 12.0. The molecule has 132 valence electrons. The normalized spacial score (nSPS) is 17.2. The summed E-state index contributed by atoms with van der Waals surface area (Å²) < 4.78 is 34.2. The Morgan fingerprint density at radius 2 is 2.00 bits per heavy atom. The Labute approximate surface area is 154 Å². The number of benzene rings is 1. The van der Waals surface area contributed by atoms with Crippen LogP contribution >= 0.6 is 22.7 Å². The fourth-order valence-corrected chi connectivity index (χ4v) is 6.56. The zero-order valence-electron chi connectivity index (χ0n) is 13.7. The first kappa shape index (κ1) is 17.0. The van der Waals surface area contributed by atoms with Gasteiger partial charge in [-0.15, -0.1) is 11.3 Å². The minimum atomic E-state index is -3.36. The highest BCUT2D eigenvalue weighted by Gasteiger charge is 2.31. The van der Waals surface area contributed by atoms with Gasteiger partial charge in [-0.25, -0.2) is 13.4 Å². The number of rotatable bonds is 4. The molecule has 0 unspecified atom stereocenters. The molecule has 0 N–H and O–H groups in total. The zero-order chi connectivity index (χ0) is 17.4. The minimum absolute atomic E-state index is 0.00986. The van der Waals surface area contributed by atoms with Crippen molar-refractivity contribution in [2.45, 2.75) is 30.1 Å².